The minimum atomic E-state index is 0.858. The molecule has 0 bridgehead atoms. The molecule has 3 nitrogen and oxygen atoms in total. The van der Waals surface area contributed by atoms with Crippen molar-refractivity contribution >= 4 is 22.3 Å². The van der Waals surface area contributed by atoms with Crippen LogP contribution in [0.15, 0.2) is 73.6 Å². The normalized spacial score (nSPS) is 13.4. The van der Waals surface area contributed by atoms with Crippen molar-refractivity contribution in [2.24, 2.45) is 7.05 Å². The molecule has 0 aliphatic carbocycles. The lowest BCUT2D eigenvalue weighted by molar-refractivity contribution is 0.917. The van der Waals surface area contributed by atoms with E-state index in [4.69, 9.17) is 0 Å². The molecule has 1 aliphatic rings. The summed E-state index contributed by atoms with van der Waals surface area (Å²) in [7, 11) is 2.12. The predicted octanol–water partition coefficient (Wildman–Crippen LogP) is 5.54. The summed E-state index contributed by atoms with van der Waals surface area (Å²) in [5, 5.41) is 1.28. The van der Waals surface area contributed by atoms with Gasteiger partial charge >= 0.3 is 0 Å². The third-order valence-corrected chi connectivity index (χ3v) is 5.65. The molecule has 27 heavy (non-hydrogen) atoms. The topological polar surface area (TPSA) is 21.1 Å². The third-order valence-electron chi connectivity index (χ3n) is 5.65. The van der Waals surface area contributed by atoms with E-state index in [1.807, 2.05) is 12.3 Å². The first-order valence-corrected chi connectivity index (χ1v) is 9.18. The van der Waals surface area contributed by atoms with Crippen LogP contribution in [0, 0.1) is 6.92 Å². The van der Waals surface area contributed by atoms with E-state index < -0.39 is 0 Å². The zero-order valence-corrected chi connectivity index (χ0v) is 15.6. The average molecular weight is 351 g/mol. The highest BCUT2D eigenvalue weighted by Gasteiger charge is 2.24. The van der Waals surface area contributed by atoms with E-state index in [0.29, 0.717) is 0 Å². The van der Waals surface area contributed by atoms with Crippen LogP contribution in [0.5, 0.6) is 0 Å². The summed E-state index contributed by atoms with van der Waals surface area (Å²) < 4.78 is 2.24. The maximum atomic E-state index is 4.40. The number of rotatable bonds is 2. The summed E-state index contributed by atoms with van der Waals surface area (Å²) in [5.74, 6) is 0. The molecule has 132 valence electrons. The number of pyridine rings is 1. The van der Waals surface area contributed by atoms with Gasteiger partial charge in [0.25, 0.3) is 0 Å². The third kappa shape index (κ3) is 2.47. The molecule has 0 unspecified atom stereocenters. The Kier molecular flexibility index (Phi) is 3.44. The highest BCUT2D eigenvalue weighted by atomic mass is 15.2. The summed E-state index contributed by atoms with van der Waals surface area (Å²) in [4.78, 5) is 6.55. The first kappa shape index (κ1) is 15.9. The van der Waals surface area contributed by atoms with Crippen LogP contribution in [0.3, 0.4) is 0 Å². The van der Waals surface area contributed by atoms with Gasteiger partial charge in [0.1, 0.15) is 0 Å². The van der Waals surface area contributed by atoms with Crippen LogP contribution in [0.4, 0.5) is 5.69 Å². The molecule has 3 heterocycles. The fourth-order valence-corrected chi connectivity index (χ4v) is 3.98. The van der Waals surface area contributed by atoms with Crippen molar-refractivity contribution in [2.75, 3.05) is 4.90 Å². The highest BCUT2D eigenvalue weighted by molar-refractivity contribution is 5.90. The summed E-state index contributed by atoms with van der Waals surface area (Å²) in [5.41, 5.74) is 9.62. The lowest BCUT2D eigenvalue weighted by Gasteiger charge is -2.20. The Bertz CT molecular complexity index is 1190. The van der Waals surface area contributed by atoms with Crippen LogP contribution in [0.25, 0.3) is 27.7 Å². The standard InChI is InChI=1S/C24H21N3/c1-16-11-19-8-9-22(13-24(19)26(16)3)27-15-21-7-6-18(12-23(21)17(27)2)20-5-4-10-25-14-20/h4-14H,2,15H2,1,3H3. The van der Waals surface area contributed by atoms with Gasteiger partial charge in [0.05, 0.1) is 5.52 Å². The SMILES string of the molecule is C=C1c2cc(-c3cccnc3)ccc2CN1c1ccc2cc(C)n(C)c2c1. The molecule has 0 radical (unpaired) electrons. The van der Waals surface area contributed by atoms with E-state index in [9.17, 15) is 0 Å². The number of benzene rings is 2. The molecular formula is C24H21N3. The maximum absolute atomic E-state index is 4.40. The Labute approximate surface area is 159 Å². The molecule has 0 amide bonds. The molecule has 0 N–H and O–H groups in total. The smallest absolute Gasteiger partial charge is 0.0500 e. The Morgan fingerprint density at radius 2 is 1.89 bits per heavy atom. The van der Waals surface area contributed by atoms with Crippen molar-refractivity contribution in [2.45, 2.75) is 13.5 Å². The summed E-state index contributed by atoms with van der Waals surface area (Å²) in [6.07, 6.45) is 3.71. The Morgan fingerprint density at radius 3 is 2.70 bits per heavy atom. The zero-order valence-electron chi connectivity index (χ0n) is 15.6. The van der Waals surface area contributed by atoms with Crippen molar-refractivity contribution in [1.82, 2.24) is 9.55 Å². The van der Waals surface area contributed by atoms with Gasteiger partial charge in [0, 0.05) is 54.2 Å². The minimum absolute atomic E-state index is 0.858. The lowest BCUT2D eigenvalue weighted by atomic mass is 10.0. The molecule has 0 spiro atoms. The monoisotopic (exact) mass is 351 g/mol. The fourth-order valence-electron chi connectivity index (χ4n) is 3.98. The number of aryl methyl sites for hydroxylation is 2. The van der Waals surface area contributed by atoms with Gasteiger partial charge in [-0.2, -0.15) is 0 Å². The van der Waals surface area contributed by atoms with Crippen molar-refractivity contribution in [3.05, 3.63) is 90.4 Å². The van der Waals surface area contributed by atoms with E-state index in [2.05, 4.69) is 83.5 Å². The van der Waals surface area contributed by atoms with Crippen LogP contribution in [0.1, 0.15) is 16.8 Å². The molecule has 0 saturated carbocycles. The second kappa shape index (κ2) is 5.85. The number of hydrogen-bond donors (Lipinski definition) is 0. The number of aromatic nitrogens is 2. The van der Waals surface area contributed by atoms with E-state index in [1.165, 1.54) is 39.0 Å². The van der Waals surface area contributed by atoms with Gasteiger partial charge in [0.15, 0.2) is 0 Å². The summed E-state index contributed by atoms with van der Waals surface area (Å²) >= 11 is 0. The zero-order chi connectivity index (χ0) is 18.5. The quantitative estimate of drug-likeness (QED) is 0.473. The van der Waals surface area contributed by atoms with Gasteiger partial charge in [0.2, 0.25) is 0 Å². The maximum Gasteiger partial charge on any atom is 0.0500 e. The highest BCUT2D eigenvalue weighted by Crippen LogP contribution is 2.38. The van der Waals surface area contributed by atoms with Crippen molar-refractivity contribution in [3.63, 3.8) is 0 Å². The molecule has 2 aromatic heterocycles. The Balaban J connectivity index is 1.54. The van der Waals surface area contributed by atoms with Crippen molar-refractivity contribution < 1.29 is 0 Å². The first-order valence-electron chi connectivity index (χ1n) is 9.18. The van der Waals surface area contributed by atoms with E-state index in [0.717, 1.165) is 17.8 Å². The Hall–Kier alpha value is -3.33. The van der Waals surface area contributed by atoms with Crippen LogP contribution in [0.2, 0.25) is 0 Å². The summed E-state index contributed by atoms with van der Waals surface area (Å²) in [6, 6.07) is 19.6. The van der Waals surface area contributed by atoms with Crippen LogP contribution in [-0.4, -0.2) is 9.55 Å². The lowest BCUT2D eigenvalue weighted by Crippen LogP contribution is -2.12. The van der Waals surface area contributed by atoms with Gasteiger partial charge in [-0.1, -0.05) is 30.8 Å². The van der Waals surface area contributed by atoms with E-state index in [-0.39, 0.29) is 0 Å². The first-order chi connectivity index (χ1) is 13.1. The van der Waals surface area contributed by atoms with E-state index in [1.54, 1.807) is 6.20 Å². The number of nitrogens with zero attached hydrogens (tertiary/aromatic N) is 3. The predicted molar refractivity (Wildman–Crippen MR) is 113 cm³/mol. The number of hydrogen-bond acceptors (Lipinski definition) is 2. The largest absolute Gasteiger partial charge is 0.348 e. The number of anilines is 1. The van der Waals surface area contributed by atoms with Gasteiger partial charge in [-0.25, -0.2) is 0 Å². The molecule has 0 fully saturated rings. The van der Waals surface area contributed by atoms with Crippen LogP contribution < -0.4 is 4.90 Å². The molecular weight excluding hydrogens is 330 g/mol. The van der Waals surface area contributed by atoms with Gasteiger partial charge in [-0.05, 0) is 53.8 Å². The fraction of sp³-hybridized carbons (Fsp3) is 0.125. The van der Waals surface area contributed by atoms with Gasteiger partial charge in [-0.15, -0.1) is 0 Å². The molecule has 5 rings (SSSR count). The van der Waals surface area contributed by atoms with Gasteiger partial charge in [-0.3, -0.25) is 4.98 Å². The molecule has 0 saturated heterocycles. The second-order valence-corrected chi connectivity index (χ2v) is 7.23. The molecule has 3 heteroatoms. The van der Waals surface area contributed by atoms with Gasteiger partial charge < -0.3 is 9.47 Å². The van der Waals surface area contributed by atoms with Crippen molar-refractivity contribution in [3.8, 4) is 11.1 Å². The number of fused-ring (bicyclic) bond motifs is 2. The molecule has 0 atom stereocenters. The minimum Gasteiger partial charge on any atom is -0.348 e. The van der Waals surface area contributed by atoms with E-state index >= 15 is 0 Å². The average Bonchev–Trinajstić information content (AvgIpc) is 3.18. The second-order valence-electron chi connectivity index (χ2n) is 7.23. The van der Waals surface area contributed by atoms with Crippen molar-refractivity contribution in [1.29, 1.82) is 0 Å². The molecule has 2 aromatic carbocycles. The van der Waals surface area contributed by atoms with Crippen LogP contribution in [-0.2, 0) is 13.6 Å². The molecule has 4 aromatic rings. The summed E-state index contributed by atoms with van der Waals surface area (Å²) in [6.45, 7) is 7.40. The van der Waals surface area contributed by atoms with Crippen LogP contribution >= 0.6 is 0 Å². The Morgan fingerprint density at radius 1 is 1.00 bits per heavy atom. The molecule has 1 aliphatic heterocycles.